The second-order valence-electron chi connectivity index (χ2n) is 6.03. The van der Waals surface area contributed by atoms with Crippen molar-refractivity contribution in [3.05, 3.63) is 35.2 Å². The highest BCUT2D eigenvalue weighted by molar-refractivity contribution is 7.17. The second-order valence-corrected chi connectivity index (χ2v) is 6.94. The number of thiophene rings is 1. The Hall–Kier alpha value is -1.47. The summed E-state index contributed by atoms with van der Waals surface area (Å²) in [5, 5.41) is 3.28. The zero-order valence-electron chi connectivity index (χ0n) is 15.4. The van der Waals surface area contributed by atoms with Crippen LogP contribution in [0.5, 0.6) is 0 Å². The molecule has 0 aliphatic rings. The van der Waals surface area contributed by atoms with Crippen molar-refractivity contribution >= 4 is 27.3 Å². The van der Waals surface area contributed by atoms with Crippen LogP contribution in [0.15, 0.2) is 29.6 Å². The van der Waals surface area contributed by atoms with E-state index in [0.29, 0.717) is 19.8 Å². The lowest BCUT2D eigenvalue weighted by atomic mass is 10.1. The summed E-state index contributed by atoms with van der Waals surface area (Å²) in [7, 11) is 0. The van der Waals surface area contributed by atoms with E-state index < -0.39 is 12.3 Å². The van der Waals surface area contributed by atoms with E-state index in [0.717, 1.165) is 5.56 Å². The van der Waals surface area contributed by atoms with Gasteiger partial charge in [-0.05, 0) is 50.1 Å². The van der Waals surface area contributed by atoms with Gasteiger partial charge in [-0.3, -0.25) is 4.79 Å². The second kappa shape index (κ2) is 9.29. The monoisotopic (exact) mass is 364 g/mol. The molecule has 0 fully saturated rings. The smallest absolute Gasteiger partial charge is 0.239 e. The molecule has 0 unspecified atom stereocenters. The summed E-state index contributed by atoms with van der Waals surface area (Å²) >= 11 is 1.68. The van der Waals surface area contributed by atoms with Gasteiger partial charge < -0.3 is 20.1 Å². The first kappa shape index (κ1) is 19.8. The third-order valence-corrected chi connectivity index (χ3v) is 5.13. The van der Waals surface area contributed by atoms with Crippen LogP contribution in [0.3, 0.4) is 0 Å². The molecule has 1 amide bonds. The molecule has 0 aliphatic carbocycles. The van der Waals surface area contributed by atoms with Crippen LogP contribution < -0.4 is 5.73 Å². The van der Waals surface area contributed by atoms with Crippen molar-refractivity contribution in [3.63, 3.8) is 0 Å². The minimum Gasteiger partial charge on any atom is -0.351 e. The lowest BCUT2D eigenvalue weighted by Crippen LogP contribution is -2.51. The molecule has 2 aromatic rings. The van der Waals surface area contributed by atoms with Crippen LogP contribution in [-0.2, 0) is 20.8 Å². The molecule has 0 radical (unpaired) electrons. The van der Waals surface area contributed by atoms with Crippen LogP contribution >= 0.6 is 11.3 Å². The highest BCUT2D eigenvalue weighted by Gasteiger charge is 2.30. The number of amides is 1. The number of nitrogens with two attached hydrogens (primary N) is 1. The average Bonchev–Trinajstić information content (AvgIpc) is 3.01. The van der Waals surface area contributed by atoms with E-state index in [2.05, 4.69) is 17.5 Å². The molecule has 0 saturated heterocycles. The molecule has 2 atom stereocenters. The van der Waals surface area contributed by atoms with E-state index in [1.165, 1.54) is 10.1 Å². The minimum absolute atomic E-state index is 0.104. The van der Waals surface area contributed by atoms with E-state index in [4.69, 9.17) is 15.2 Å². The summed E-state index contributed by atoms with van der Waals surface area (Å²) in [6, 6.07) is 7.41. The minimum atomic E-state index is -0.573. The van der Waals surface area contributed by atoms with Gasteiger partial charge in [-0.15, -0.1) is 11.3 Å². The van der Waals surface area contributed by atoms with Gasteiger partial charge >= 0.3 is 0 Å². The maximum atomic E-state index is 12.8. The molecule has 25 heavy (non-hydrogen) atoms. The number of carbonyl (C=O) groups is 1. The predicted octanol–water partition coefficient (Wildman–Crippen LogP) is 3.36. The van der Waals surface area contributed by atoms with Crippen LogP contribution in [0.4, 0.5) is 0 Å². The maximum Gasteiger partial charge on any atom is 0.239 e. The summed E-state index contributed by atoms with van der Waals surface area (Å²) in [4.78, 5) is 14.5. The van der Waals surface area contributed by atoms with Gasteiger partial charge in [0.2, 0.25) is 5.91 Å². The van der Waals surface area contributed by atoms with Gasteiger partial charge in [-0.25, -0.2) is 0 Å². The van der Waals surface area contributed by atoms with Crippen LogP contribution in [0, 0.1) is 0 Å². The Labute approximate surface area is 153 Å². The molecule has 2 N–H and O–H groups in total. The van der Waals surface area contributed by atoms with Crippen molar-refractivity contribution in [3.8, 4) is 0 Å². The molecule has 0 bridgehead atoms. The Morgan fingerprint density at radius 2 is 1.84 bits per heavy atom. The number of ether oxygens (including phenoxy) is 2. The molecule has 0 saturated carbocycles. The van der Waals surface area contributed by atoms with E-state index >= 15 is 0 Å². The third-order valence-electron chi connectivity index (χ3n) is 4.12. The van der Waals surface area contributed by atoms with Gasteiger partial charge in [-0.1, -0.05) is 18.2 Å². The fourth-order valence-electron chi connectivity index (χ4n) is 2.83. The maximum absolute atomic E-state index is 12.8. The van der Waals surface area contributed by atoms with Crippen molar-refractivity contribution in [1.29, 1.82) is 0 Å². The Kier molecular flexibility index (Phi) is 7.38. The molecule has 138 valence electrons. The normalized spacial score (nSPS) is 14.0. The molecule has 2 rings (SSSR count). The van der Waals surface area contributed by atoms with E-state index in [1.807, 2.05) is 32.9 Å². The number of hydrogen-bond donors (Lipinski definition) is 1. The van der Waals surface area contributed by atoms with Crippen LogP contribution in [-0.4, -0.2) is 42.4 Å². The van der Waals surface area contributed by atoms with Crippen molar-refractivity contribution in [2.24, 2.45) is 5.73 Å². The number of nitrogens with zero attached hydrogens (tertiary/aromatic N) is 1. The Bertz CT molecular complexity index is 680. The Morgan fingerprint density at radius 1 is 1.20 bits per heavy atom. The summed E-state index contributed by atoms with van der Waals surface area (Å²) in [6.07, 6.45) is -0.470. The summed E-state index contributed by atoms with van der Waals surface area (Å²) in [5.74, 6) is -0.104. The molecule has 0 spiro atoms. The first-order chi connectivity index (χ1) is 12.0. The fraction of sp³-hybridized carbons (Fsp3) is 0.526. The molecular weight excluding hydrogens is 336 g/mol. The van der Waals surface area contributed by atoms with Gasteiger partial charge in [0, 0.05) is 24.5 Å². The van der Waals surface area contributed by atoms with Crippen LogP contribution in [0.25, 0.3) is 10.1 Å². The highest BCUT2D eigenvalue weighted by Crippen LogP contribution is 2.28. The van der Waals surface area contributed by atoms with Crippen molar-refractivity contribution in [1.82, 2.24) is 4.90 Å². The Morgan fingerprint density at radius 3 is 2.44 bits per heavy atom. The molecule has 1 heterocycles. The van der Waals surface area contributed by atoms with Crippen LogP contribution in [0.1, 0.15) is 33.3 Å². The molecule has 1 aromatic carbocycles. The lowest BCUT2D eigenvalue weighted by Gasteiger charge is -2.35. The molecule has 6 heteroatoms. The van der Waals surface area contributed by atoms with Crippen molar-refractivity contribution < 1.29 is 14.3 Å². The predicted molar refractivity (Wildman–Crippen MR) is 103 cm³/mol. The summed E-state index contributed by atoms with van der Waals surface area (Å²) < 4.78 is 12.6. The molecule has 1 aromatic heterocycles. The van der Waals surface area contributed by atoms with Crippen molar-refractivity contribution in [2.75, 3.05) is 13.2 Å². The quantitative estimate of drug-likeness (QED) is 0.693. The third kappa shape index (κ3) is 4.79. The first-order valence-corrected chi connectivity index (χ1v) is 9.61. The lowest BCUT2D eigenvalue weighted by molar-refractivity contribution is -0.179. The van der Waals surface area contributed by atoms with E-state index in [-0.39, 0.29) is 11.9 Å². The largest absolute Gasteiger partial charge is 0.351 e. The van der Waals surface area contributed by atoms with E-state index in [9.17, 15) is 4.79 Å². The zero-order chi connectivity index (χ0) is 18.4. The van der Waals surface area contributed by atoms with E-state index in [1.54, 1.807) is 23.2 Å². The van der Waals surface area contributed by atoms with Crippen molar-refractivity contribution in [2.45, 2.75) is 52.6 Å². The van der Waals surface area contributed by atoms with Gasteiger partial charge in [0.05, 0.1) is 12.1 Å². The van der Waals surface area contributed by atoms with Gasteiger partial charge in [0.1, 0.15) is 0 Å². The van der Waals surface area contributed by atoms with Gasteiger partial charge in [0.25, 0.3) is 0 Å². The molecule has 5 nitrogen and oxygen atoms in total. The molecule has 0 aliphatic heterocycles. The highest BCUT2D eigenvalue weighted by atomic mass is 32.1. The Balaban J connectivity index is 2.30. The van der Waals surface area contributed by atoms with Gasteiger partial charge in [-0.2, -0.15) is 0 Å². The fourth-order valence-corrected chi connectivity index (χ4v) is 3.78. The average molecular weight is 365 g/mol. The number of fused-ring (bicyclic) bond motifs is 1. The number of rotatable bonds is 9. The van der Waals surface area contributed by atoms with Gasteiger partial charge in [0.15, 0.2) is 6.29 Å². The first-order valence-electron chi connectivity index (χ1n) is 8.73. The zero-order valence-corrected chi connectivity index (χ0v) is 16.2. The number of hydrogen-bond acceptors (Lipinski definition) is 5. The topological polar surface area (TPSA) is 64.8 Å². The standard InChI is InChI=1S/C19H28N2O3S/c1-5-23-19(24-6-2)14(4)21(18(22)13(3)20)11-15-12-25-17-10-8-7-9-16(15)17/h7-10,12-14,19H,5-6,11,20H2,1-4H3/t13-,14-/m0/s1. The number of carbonyl (C=O) groups excluding carboxylic acids is 1. The molecular formula is C19H28N2O3S. The summed E-state index contributed by atoms with van der Waals surface area (Å²) in [6.45, 7) is 9.04. The van der Waals surface area contributed by atoms with Crippen LogP contribution in [0.2, 0.25) is 0 Å². The number of benzene rings is 1. The summed E-state index contributed by atoms with van der Waals surface area (Å²) in [5.41, 5.74) is 7.01. The SMILES string of the molecule is CCOC(OCC)[C@H](C)N(Cc1csc2ccccc12)C(=O)[C@H](C)N.